The van der Waals surface area contributed by atoms with Gasteiger partial charge in [0.2, 0.25) is 0 Å². The maximum absolute atomic E-state index is 6.37. The van der Waals surface area contributed by atoms with Crippen LogP contribution in [-0.2, 0) is 6.54 Å². The second-order valence-electron chi connectivity index (χ2n) is 4.68. The Hall–Kier alpha value is -2.13. The molecule has 100 valence electrons. The van der Waals surface area contributed by atoms with Gasteiger partial charge in [-0.3, -0.25) is 9.67 Å². The van der Waals surface area contributed by atoms with Gasteiger partial charge in [0.05, 0.1) is 17.9 Å². The lowest BCUT2D eigenvalue weighted by Crippen LogP contribution is -2.01. The molecule has 0 N–H and O–H groups in total. The summed E-state index contributed by atoms with van der Waals surface area (Å²) in [6, 6.07) is 13.9. The molecule has 0 aliphatic heterocycles. The van der Waals surface area contributed by atoms with E-state index >= 15 is 0 Å². The molecule has 0 spiro atoms. The van der Waals surface area contributed by atoms with Crippen molar-refractivity contribution >= 4 is 11.6 Å². The van der Waals surface area contributed by atoms with Crippen LogP contribution in [0.15, 0.2) is 54.9 Å². The largest absolute Gasteiger partial charge is 0.268 e. The van der Waals surface area contributed by atoms with E-state index in [0.717, 1.165) is 27.5 Å². The number of pyridine rings is 1. The number of aromatic nitrogens is 3. The topological polar surface area (TPSA) is 30.7 Å². The van der Waals surface area contributed by atoms with Crippen molar-refractivity contribution in [2.75, 3.05) is 0 Å². The molecule has 0 saturated carbocycles. The van der Waals surface area contributed by atoms with Gasteiger partial charge in [0.15, 0.2) is 0 Å². The Bertz CT molecular complexity index is 720. The highest BCUT2D eigenvalue weighted by atomic mass is 35.5. The van der Waals surface area contributed by atoms with Gasteiger partial charge < -0.3 is 0 Å². The monoisotopic (exact) mass is 283 g/mol. The molecule has 0 aliphatic carbocycles. The van der Waals surface area contributed by atoms with Gasteiger partial charge in [-0.1, -0.05) is 29.8 Å². The Balaban J connectivity index is 1.88. The van der Waals surface area contributed by atoms with Gasteiger partial charge in [0.1, 0.15) is 0 Å². The summed E-state index contributed by atoms with van der Waals surface area (Å²) in [4.78, 5) is 4.33. The molecule has 20 heavy (non-hydrogen) atoms. The Morgan fingerprint density at radius 3 is 2.70 bits per heavy atom. The van der Waals surface area contributed by atoms with Gasteiger partial charge >= 0.3 is 0 Å². The molecule has 0 unspecified atom stereocenters. The SMILES string of the molecule is Cc1ccn(Cc2ccc(-c3ccccn3)cc2Cl)n1. The van der Waals surface area contributed by atoms with Crippen LogP contribution in [0.3, 0.4) is 0 Å². The normalized spacial score (nSPS) is 10.7. The van der Waals surface area contributed by atoms with Gasteiger partial charge in [-0.25, -0.2) is 0 Å². The molecule has 0 bridgehead atoms. The molecule has 0 saturated heterocycles. The van der Waals surface area contributed by atoms with Crippen LogP contribution < -0.4 is 0 Å². The molecule has 0 atom stereocenters. The number of nitrogens with zero attached hydrogens (tertiary/aromatic N) is 3. The highest BCUT2D eigenvalue weighted by molar-refractivity contribution is 6.31. The summed E-state index contributed by atoms with van der Waals surface area (Å²) < 4.78 is 1.89. The van der Waals surface area contributed by atoms with E-state index < -0.39 is 0 Å². The van der Waals surface area contributed by atoms with Gasteiger partial charge in [-0.05, 0) is 36.8 Å². The van der Waals surface area contributed by atoms with Crippen LogP contribution in [0.25, 0.3) is 11.3 Å². The zero-order valence-electron chi connectivity index (χ0n) is 11.1. The van der Waals surface area contributed by atoms with Crippen molar-refractivity contribution in [3.63, 3.8) is 0 Å². The lowest BCUT2D eigenvalue weighted by atomic mass is 10.1. The van der Waals surface area contributed by atoms with Crippen LogP contribution in [-0.4, -0.2) is 14.8 Å². The Kier molecular flexibility index (Phi) is 3.52. The van der Waals surface area contributed by atoms with Crippen LogP contribution in [0.2, 0.25) is 5.02 Å². The third kappa shape index (κ3) is 2.73. The number of hydrogen-bond acceptors (Lipinski definition) is 2. The van der Waals surface area contributed by atoms with Crippen molar-refractivity contribution in [2.45, 2.75) is 13.5 Å². The minimum Gasteiger partial charge on any atom is -0.268 e. The zero-order chi connectivity index (χ0) is 13.9. The van der Waals surface area contributed by atoms with Gasteiger partial charge in [-0.15, -0.1) is 0 Å². The molecule has 4 heteroatoms. The molecule has 2 heterocycles. The van der Waals surface area contributed by atoms with Crippen molar-refractivity contribution in [1.82, 2.24) is 14.8 Å². The minimum absolute atomic E-state index is 0.676. The average molecular weight is 284 g/mol. The van der Waals surface area contributed by atoms with Crippen LogP contribution in [0.1, 0.15) is 11.3 Å². The van der Waals surface area contributed by atoms with E-state index in [-0.39, 0.29) is 0 Å². The van der Waals surface area contributed by atoms with E-state index in [0.29, 0.717) is 6.54 Å². The van der Waals surface area contributed by atoms with E-state index in [9.17, 15) is 0 Å². The second kappa shape index (κ2) is 5.47. The summed E-state index contributed by atoms with van der Waals surface area (Å²) >= 11 is 6.37. The van der Waals surface area contributed by atoms with Crippen LogP contribution in [0.5, 0.6) is 0 Å². The molecule has 0 fully saturated rings. The van der Waals surface area contributed by atoms with Crippen molar-refractivity contribution < 1.29 is 0 Å². The van der Waals surface area contributed by atoms with Crippen LogP contribution in [0, 0.1) is 6.92 Å². The molecule has 1 aromatic carbocycles. The van der Waals surface area contributed by atoms with E-state index in [1.807, 2.05) is 60.3 Å². The van der Waals surface area contributed by atoms with Crippen LogP contribution >= 0.6 is 11.6 Å². The molecular formula is C16H14ClN3. The lowest BCUT2D eigenvalue weighted by molar-refractivity contribution is 0.679. The molecule has 0 radical (unpaired) electrons. The zero-order valence-corrected chi connectivity index (χ0v) is 11.9. The van der Waals surface area contributed by atoms with Gasteiger partial charge in [0, 0.05) is 23.0 Å². The fourth-order valence-corrected chi connectivity index (χ4v) is 2.33. The number of hydrogen-bond donors (Lipinski definition) is 0. The van der Waals surface area contributed by atoms with E-state index in [4.69, 9.17) is 11.6 Å². The third-order valence-electron chi connectivity index (χ3n) is 3.12. The standard InChI is InChI=1S/C16H14ClN3/c1-12-7-9-20(19-12)11-14-6-5-13(10-15(14)17)16-4-2-3-8-18-16/h2-10H,11H2,1H3. The molecule has 3 rings (SSSR count). The molecule has 0 aliphatic rings. The fourth-order valence-electron chi connectivity index (χ4n) is 2.09. The smallest absolute Gasteiger partial charge is 0.0702 e. The van der Waals surface area contributed by atoms with Crippen molar-refractivity contribution in [3.8, 4) is 11.3 Å². The number of rotatable bonds is 3. The summed E-state index contributed by atoms with van der Waals surface area (Å²) in [5.74, 6) is 0. The van der Waals surface area contributed by atoms with E-state index in [2.05, 4.69) is 10.1 Å². The molecular weight excluding hydrogens is 270 g/mol. The lowest BCUT2D eigenvalue weighted by Gasteiger charge is -2.07. The maximum Gasteiger partial charge on any atom is 0.0702 e. The molecule has 3 nitrogen and oxygen atoms in total. The summed E-state index contributed by atoms with van der Waals surface area (Å²) in [5, 5.41) is 5.11. The number of benzene rings is 1. The first kappa shape index (κ1) is 12.9. The first-order chi connectivity index (χ1) is 9.72. The molecule has 2 aromatic heterocycles. The predicted octanol–water partition coefficient (Wildman–Crippen LogP) is 3.96. The summed E-state index contributed by atoms with van der Waals surface area (Å²) in [5.41, 5.74) is 4.01. The maximum atomic E-state index is 6.37. The minimum atomic E-state index is 0.676. The summed E-state index contributed by atoms with van der Waals surface area (Å²) in [6.45, 7) is 2.65. The number of aryl methyl sites for hydroxylation is 1. The average Bonchev–Trinajstić information content (AvgIpc) is 2.87. The van der Waals surface area contributed by atoms with E-state index in [1.54, 1.807) is 6.20 Å². The second-order valence-corrected chi connectivity index (χ2v) is 5.08. The van der Waals surface area contributed by atoms with Crippen molar-refractivity contribution in [1.29, 1.82) is 0 Å². The highest BCUT2D eigenvalue weighted by Crippen LogP contribution is 2.24. The first-order valence-corrected chi connectivity index (χ1v) is 6.80. The van der Waals surface area contributed by atoms with Gasteiger partial charge in [0.25, 0.3) is 0 Å². The highest BCUT2D eigenvalue weighted by Gasteiger charge is 2.05. The molecule has 0 amide bonds. The summed E-state index contributed by atoms with van der Waals surface area (Å²) in [7, 11) is 0. The number of halogens is 1. The fraction of sp³-hybridized carbons (Fsp3) is 0.125. The van der Waals surface area contributed by atoms with Crippen molar-refractivity contribution in [3.05, 3.63) is 71.1 Å². The van der Waals surface area contributed by atoms with E-state index in [1.165, 1.54) is 0 Å². The Morgan fingerprint density at radius 2 is 2.05 bits per heavy atom. The Morgan fingerprint density at radius 1 is 1.15 bits per heavy atom. The summed E-state index contributed by atoms with van der Waals surface area (Å²) in [6.07, 6.45) is 3.74. The third-order valence-corrected chi connectivity index (χ3v) is 3.47. The molecule has 3 aromatic rings. The van der Waals surface area contributed by atoms with Crippen LogP contribution in [0.4, 0.5) is 0 Å². The Labute approximate surface area is 122 Å². The quantitative estimate of drug-likeness (QED) is 0.728. The predicted molar refractivity (Wildman–Crippen MR) is 80.7 cm³/mol. The first-order valence-electron chi connectivity index (χ1n) is 6.42. The van der Waals surface area contributed by atoms with Gasteiger partial charge in [-0.2, -0.15) is 5.10 Å². The van der Waals surface area contributed by atoms with Crippen molar-refractivity contribution in [2.24, 2.45) is 0 Å².